The van der Waals surface area contributed by atoms with E-state index in [0.29, 0.717) is 43.6 Å². The molecular formula is C19H28ClIN4O3. The van der Waals surface area contributed by atoms with E-state index in [-0.39, 0.29) is 35.9 Å². The third-order valence-corrected chi connectivity index (χ3v) is 4.69. The first-order chi connectivity index (χ1) is 13.0. The van der Waals surface area contributed by atoms with Crippen molar-refractivity contribution in [3.05, 3.63) is 34.9 Å². The summed E-state index contributed by atoms with van der Waals surface area (Å²) < 4.78 is 4.62. The number of piperazine rings is 1. The van der Waals surface area contributed by atoms with Gasteiger partial charge in [-0.1, -0.05) is 23.7 Å². The fourth-order valence-corrected chi connectivity index (χ4v) is 3.02. The average Bonchev–Trinajstić information content (AvgIpc) is 2.67. The smallest absolute Gasteiger partial charge is 0.305 e. The van der Waals surface area contributed by atoms with Crippen LogP contribution in [0.1, 0.15) is 24.8 Å². The van der Waals surface area contributed by atoms with Crippen molar-refractivity contribution in [3.8, 4) is 0 Å². The molecule has 0 aromatic heterocycles. The zero-order valence-electron chi connectivity index (χ0n) is 16.3. The highest BCUT2D eigenvalue weighted by molar-refractivity contribution is 14.0. The van der Waals surface area contributed by atoms with Crippen LogP contribution in [0.15, 0.2) is 29.3 Å². The number of ether oxygens (including phenoxy) is 1. The standard InChI is InChI=1S/C19H27ClN4O3.HI/c1-21-19(22-10-4-3-5-18(26)27-2)24-12-11-23(17(25)14-24)13-15-6-8-16(20)9-7-15;/h6-9H,3-5,10-14H2,1-2H3,(H,21,22);1H. The first kappa shape index (κ1) is 24.5. The van der Waals surface area contributed by atoms with Crippen LogP contribution in [0.2, 0.25) is 5.02 Å². The van der Waals surface area contributed by atoms with E-state index in [4.69, 9.17) is 11.6 Å². The third kappa shape index (κ3) is 7.83. The van der Waals surface area contributed by atoms with Crippen LogP contribution < -0.4 is 5.32 Å². The summed E-state index contributed by atoms with van der Waals surface area (Å²) >= 11 is 5.91. The Kier molecular flexibility index (Phi) is 11.2. The highest BCUT2D eigenvalue weighted by atomic mass is 127. The number of halogens is 2. The number of amides is 1. The van der Waals surface area contributed by atoms with Gasteiger partial charge in [0, 0.05) is 44.7 Å². The molecule has 28 heavy (non-hydrogen) atoms. The zero-order valence-corrected chi connectivity index (χ0v) is 19.4. The normalized spacial score (nSPS) is 14.5. The first-order valence-electron chi connectivity index (χ1n) is 9.08. The highest BCUT2D eigenvalue weighted by Gasteiger charge is 2.25. The van der Waals surface area contributed by atoms with Gasteiger partial charge >= 0.3 is 5.97 Å². The lowest BCUT2D eigenvalue weighted by Gasteiger charge is -2.36. The number of unbranched alkanes of at least 4 members (excludes halogenated alkanes) is 1. The Bertz CT molecular complexity index is 670. The molecule has 1 amide bonds. The number of hydrogen-bond donors (Lipinski definition) is 1. The van der Waals surface area contributed by atoms with E-state index in [9.17, 15) is 9.59 Å². The van der Waals surface area contributed by atoms with Crippen molar-refractivity contribution in [3.63, 3.8) is 0 Å². The van der Waals surface area contributed by atoms with Crippen LogP contribution in [-0.4, -0.2) is 68.0 Å². The van der Waals surface area contributed by atoms with Crippen LogP contribution in [0.25, 0.3) is 0 Å². The minimum Gasteiger partial charge on any atom is -0.469 e. The molecule has 0 aliphatic carbocycles. The Labute approximate surface area is 188 Å². The van der Waals surface area contributed by atoms with Gasteiger partial charge in [0.15, 0.2) is 5.96 Å². The molecule has 1 aromatic carbocycles. The van der Waals surface area contributed by atoms with Crippen molar-refractivity contribution in [2.24, 2.45) is 4.99 Å². The number of esters is 1. The summed E-state index contributed by atoms with van der Waals surface area (Å²) in [6.07, 6.45) is 2.00. The number of rotatable bonds is 7. The number of benzene rings is 1. The van der Waals surface area contributed by atoms with Gasteiger partial charge in [0.2, 0.25) is 5.91 Å². The molecule has 9 heteroatoms. The van der Waals surface area contributed by atoms with Crippen LogP contribution >= 0.6 is 35.6 Å². The molecule has 1 aliphatic heterocycles. The van der Waals surface area contributed by atoms with Gasteiger partial charge in [-0.3, -0.25) is 14.6 Å². The molecule has 0 bridgehead atoms. The van der Waals surface area contributed by atoms with E-state index < -0.39 is 0 Å². The minimum atomic E-state index is -0.193. The molecule has 0 radical (unpaired) electrons. The Morgan fingerprint density at radius 2 is 1.96 bits per heavy atom. The van der Waals surface area contributed by atoms with E-state index in [1.54, 1.807) is 7.05 Å². The summed E-state index contributed by atoms with van der Waals surface area (Å²) in [5, 5.41) is 3.95. The summed E-state index contributed by atoms with van der Waals surface area (Å²) in [5.41, 5.74) is 1.06. The van der Waals surface area contributed by atoms with Gasteiger partial charge in [-0.2, -0.15) is 0 Å². The zero-order chi connectivity index (χ0) is 19.6. The lowest BCUT2D eigenvalue weighted by atomic mass is 10.2. The minimum absolute atomic E-state index is 0. The summed E-state index contributed by atoms with van der Waals surface area (Å²) in [6.45, 7) is 2.95. The molecule has 2 rings (SSSR count). The van der Waals surface area contributed by atoms with E-state index in [2.05, 4.69) is 15.0 Å². The second-order valence-corrected chi connectivity index (χ2v) is 6.81. The number of methoxy groups -OCH3 is 1. The largest absolute Gasteiger partial charge is 0.469 e. The number of carbonyl (C=O) groups excluding carboxylic acids is 2. The molecule has 7 nitrogen and oxygen atoms in total. The van der Waals surface area contributed by atoms with Gasteiger partial charge in [-0.15, -0.1) is 24.0 Å². The first-order valence-corrected chi connectivity index (χ1v) is 9.46. The average molecular weight is 523 g/mol. The summed E-state index contributed by atoms with van der Waals surface area (Å²) in [4.78, 5) is 31.7. The molecule has 1 heterocycles. The van der Waals surface area contributed by atoms with Gasteiger partial charge in [-0.05, 0) is 30.5 Å². The van der Waals surface area contributed by atoms with Gasteiger partial charge in [0.25, 0.3) is 0 Å². The van der Waals surface area contributed by atoms with E-state index in [0.717, 1.165) is 24.9 Å². The molecule has 1 aliphatic rings. The van der Waals surface area contributed by atoms with Crippen molar-refractivity contribution >= 4 is 53.4 Å². The second kappa shape index (κ2) is 12.8. The Hall–Kier alpha value is -1.55. The van der Waals surface area contributed by atoms with E-state index in [1.807, 2.05) is 34.1 Å². The molecule has 0 atom stereocenters. The maximum atomic E-state index is 12.5. The number of carbonyl (C=O) groups is 2. The fourth-order valence-electron chi connectivity index (χ4n) is 2.90. The Morgan fingerprint density at radius 3 is 2.57 bits per heavy atom. The topological polar surface area (TPSA) is 74.2 Å². The summed E-state index contributed by atoms with van der Waals surface area (Å²) in [7, 11) is 3.10. The van der Waals surface area contributed by atoms with Gasteiger partial charge in [0.05, 0.1) is 13.7 Å². The summed E-state index contributed by atoms with van der Waals surface area (Å²) in [6, 6.07) is 7.56. The molecule has 1 N–H and O–H groups in total. The van der Waals surface area contributed by atoms with Gasteiger partial charge in [0.1, 0.15) is 0 Å². The van der Waals surface area contributed by atoms with Crippen molar-refractivity contribution in [1.82, 2.24) is 15.1 Å². The predicted molar refractivity (Wildman–Crippen MR) is 121 cm³/mol. The molecule has 0 unspecified atom stereocenters. The molecular weight excluding hydrogens is 495 g/mol. The van der Waals surface area contributed by atoms with E-state index in [1.165, 1.54) is 7.11 Å². The van der Waals surface area contributed by atoms with Crippen molar-refractivity contribution in [1.29, 1.82) is 0 Å². The van der Waals surface area contributed by atoms with E-state index >= 15 is 0 Å². The quantitative estimate of drug-likeness (QED) is 0.196. The van der Waals surface area contributed by atoms with Crippen molar-refractivity contribution < 1.29 is 14.3 Å². The maximum Gasteiger partial charge on any atom is 0.305 e. The SMILES string of the molecule is CN=C(NCCCCC(=O)OC)N1CCN(Cc2ccc(Cl)cc2)C(=O)C1.I. The number of hydrogen-bond acceptors (Lipinski definition) is 4. The Morgan fingerprint density at radius 1 is 1.25 bits per heavy atom. The molecule has 1 fully saturated rings. The van der Waals surface area contributed by atoms with Crippen LogP contribution in [0.3, 0.4) is 0 Å². The number of aliphatic imine (C=N–C) groups is 1. The highest BCUT2D eigenvalue weighted by Crippen LogP contribution is 2.13. The molecule has 1 aromatic rings. The van der Waals surface area contributed by atoms with Crippen LogP contribution in [0.4, 0.5) is 0 Å². The molecule has 0 saturated carbocycles. The lowest BCUT2D eigenvalue weighted by Crippen LogP contribution is -2.55. The predicted octanol–water partition coefficient (Wildman–Crippen LogP) is 2.52. The number of nitrogens with zero attached hydrogens (tertiary/aromatic N) is 3. The third-order valence-electron chi connectivity index (χ3n) is 4.44. The second-order valence-electron chi connectivity index (χ2n) is 6.37. The van der Waals surface area contributed by atoms with Crippen LogP contribution in [0, 0.1) is 0 Å². The van der Waals surface area contributed by atoms with Gasteiger partial charge in [-0.25, -0.2) is 0 Å². The molecule has 0 spiro atoms. The maximum absolute atomic E-state index is 12.5. The number of nitrogens with one attached hydrogen (secondary N) is 1. The Balaban J connectivity index is 0.00000392. The van der Waals surface area contributed by atoms with Crippen molar-refractivity contribution in [2.45, 2.75) is 25.8 Å². The molecule has 156 valence electrons. The fraction of sp³-hybridized carbons (Fsp3) is 0.526. The van der Waals surface area contributed by atoms with Crippen LogP contribution in [0.5, 0.6) is 0 Å². The monoisotopic (exact) mass is 522 g/mol. The van der Waals surface area contributed by atoms with Gasteiger partial charge < -0.3 is 19.9 Å². The summed E-state index contributed by atoms with van der Waals surface area (Å²) in [5.74, 6) is 0.596. The van der Waals surface area contributed by atoms with Crippen LogP contribution in [-0.2, 0) is 20.9 Å². The van der Waals surface area contributed by atoms with Crippen molar-refractivity contribution in [2.75, 3.05) is 40.3 Å². The molecule has 1 saturated heterocycles. The lowest BCUT2D eigenvalue weighted by molar-refractivity contribution is -0.140. The number of guanidine groups is 1.